The topological polar surface area (TPSA) is 44.1 Å². The van der Waals surface area contributed by atoms with E-state index in [9.17, 15) is 4.79 Å². The number of carbonyl (C=O) groups is 1. The molecular weight excluding hydrogens is 180 g/mol. The Bertz CT molecular complexity index is 488. The number of carbonyl (C=O) groups excluding carboxylic acids is 1. The molecule has 1 heterocycles. The first kappa shape index (κ1) is 8.74. The molecule has 0 aliphatic carbocycles. The summed E-state index contributed by atoms with van der Waals surface area (Å²) in [6, 6.07) is 7.55. The highest BCUT2D eigenvalue weighted by Gasteiger charge is 2.15. The van der Waals surface area contributed by atoms with Crippen LogP contribution in [0.2, 0.25) is 0 Å². The van der Waals surface area contributed by atoms with Crippen LogP contribution in [0.5, 0.6) is 0 Å². The van der Waals surface area contributed by atoms with Gasteiger partial charge in [-0.25, -0.2) is 4.79 Å². The van der Waals surface area contributed by atoms with E-state index in [1.807, 2.05) is 24.3 Å². The Balaban J connectivity index is 2.72. The van der Waals surface area contributed by atoms with Crippen molar-refractivity contribution in [3.8, 4) is 0 Å². The molecule has 72 valence electrons. The smallest absolute Gasteiger partial charge is 0.359 e. The summed E-state index contributed by atoms with van der Waals surface area (Å²) in [5.74, 6) is -0.401. The van der Waals surface area contributed by atoms with Crippen LogP contribution in [0, 0.1) is 0 Å². The Morgan fingerprint density at radius 3 is 2.86 bits per heavy atom. The minimum absolute atomic E-state index is 0.366. The van der Waals surface area contributed by atoms with Crippen molar-refractivity contribution in [1.29, 1.82) is 0 Å². The minimum atomic E-state index is -0.401. The van der Waals surface area contributed by atoms with E-state index in [-0.39, 0.29) is 0 Å². The van der Waals surface area contributed by atoms with Crippen molar-refractivity contribution in [2.75, 3.05) is 7.11 Å². The summed E-state index contributed by atoms with van der Waals surface area (Å²) in [5, 5.41) is 4.92. The van der Waals surface area contributed by atoms with Crippen molar-refractivity contribution in [2.45, 2.75) is 0 Å². The highest BCUT2D eigenvalue weighted by Crippen LogP contribution is 2.17. The second kappa shape index (κ2) is 3.14. The van der Waals surface area contributed by atoms with Crippen molar-refractivity contribution >= 4 is 16.9 Å². The maximum absolute atomic E-state index is 11.3. The van der Waals surface area contributed by atoms with Gasteiger partial charge in [-0.2, -0.15) is 5.10 Å². The van der Waals surface area contributed by atoms with Gasteiger partial charge < -0.3 is 4.74 Å². The molecular formula is C10H10N2O2. The summed E-state index contributed by atoms with van der Waals surface area (Å²) in [6.45, 7) is 0. The first-order valence-electron chi connectivity index (χ1n) is 4.24. The fraction of sp³-hybridized carbons (Fsp3) is 0.200. The largest absolute Gasteiger partial charge is 0.464 e. The molecule has 0 unspecified atom stereocenters. The van der Waals surface area contributed by atoms with E-state index in [4.69, 9.17) is 0 Å². The number of fused-ring (bicyclic) bond motifs is 1. The third kappa shape index (κ3) is 1.16. The molecule has 0 fully saturated rings. The Labute approximate surface area is 81.1 Å². The maximum atomic E-state index is 11.3. The van der Waals surface area contributed by atoms with Crippen LogP contribution in [0.4, 0.5) is 0 Å². The van der Waals surface area contributed by atoms with Crippen molar-refractivity contribution in [3.05, 3.63) is 30.0 Å². The number of esters is 1. The summed E-state index contributed by atoms with van der Waals surface area (Å²) < 4.78 is 6.31. The van der Waals surface area contributed by atoms with Crippen LogP contribution in [0.1, 0.15) is 10.5 Å². The lowest BCUT2D eigenvalue weighted by atomic mass is 10.2. The van der Waals surface area contributed by atoms with Crippen LogP contribution in [-0.4, -0.2) is 22.9 Å². The second-order valence-electron chi connectivity index (χ2n) is 2.98. The predicted molar refractivity (Wildman–Crippen MR) is 52.1 cm³/mol. The van der Waals surface area contributed by atoms with Crippen molar-refractivity contribution < 1.29 is 9.53 Å². The van der Waals surface area contributed by atoms with Crippen molar-refractivity contribution in [2.24, 2.45) is 7.05 Å². The number of hydrogen-bond acceptors (Lipinski definition) is 3. The molecule has 0 saturated carbocycles. The van der Waals surface area contributed by atoms with E-state index in [2.05, 4.69) is 9.84 Å². The van der Waals surface area contributed by atoms with Gasteiger partial charge in [0, 0.05) is 12.4 Å². The number of rotatable bonds is 1. The third-order valence-corrected chi connectivity index (χ3v) is 2.14. The molecule has 4 heteroatoms. The lowest BCUT2D eigenvalue weighted by Gasteiger charge is -1.93. The highest BCUT2D eigenvalue weighted by atomic mass is 16.5. The molecule has 4 nitrogen and oxygen atoms in total. The average molecular weight is 190 g/mol. The van der Waals surface area contributed by atoms with Crippen LogP contribution in [-0.2, 0) is 11.8 Å². The van der Waals surface area contributed by atoms with Crippen LogP contribution in [0.15, 0.2) is 24.3 Å². The van der Waals surface area contributed by atoms with Gasteiger partial charge in [0.05, 0.1) is 12.6 Å². The van der Waals surface area contributed by atoms with Crippen molar-refractivity contribution in [1.82, 2.24) is 9.78 Å². The van der Waals surface area contributed by atoms with Gasteiger partial charge in [-0.1, -0.05) is 18.2 Å². The number of aromatic nitrogens is 2. The summed E-state index contributed by atoms with van der Waals surface area (Å²) in [6.07, 6.45) is 0. The van der Waals surface area contributed by atoms with Gasteiger partial charge in [0.15, 0.2) is 5.69 Å². The zero-order valence-corrected chi connectivity index (χ0v) is 8.02. The molecule has 0 atom stereocenters. The number of benzene rings is 1. The van der Waals surface area contributed by atoms with Gasteiger partial charge in [0.1, 0.15) is 0 Å². The van der Waals surface area contributed by atoms with Gasteiger partial charge >= 0.3 is 5.97 Å². The maximum Gasteiger partial charge on any atom is 0.359 e. The number of methoxy groups -OCH3 is 1. The number of aryl methyl sites for hydroxylation is 1. The van der Waals surface area contributed by atoms with Gasteiger partial charge in [0.25, 0.3) is 0 Å². The standard InChI is InChI=1S/C10H10N2O2/c1-12-8-6-4-3-5-7(8)9(11-12)10(13)14-2/h3-6H,1-2H3. The van der Waals surface area contributed by atoms with Gasteiger partial charge in [0.2, 0.25) is 0 Å². The summed E-state index contributed by atoms with van der Waals surface area (Å²) in [7, 11) is 3.15. The molecule has 2 aromatic rings. The number of para-hydroxylation sites is 1. The molecule has 0 radical (unpaired) electrons. The molecule has 1 aromatic heterocycles. The van der Waals surface area contributed by atoms with Gasteiger partial charge in [-0.15, -0.1) is 0 Å². The molecule has 0 aliphatic rings. The Hall–Kier alpha value is -1.84. The molecule has 0 spiro atoms. The lowest BCUT2D eigenvalue weighted by Crippen LogP contribution is -2.03. The fourth-order valence-corrected chi connectivity index (χ4v) is 1.46. The van der Waals surface area contributed by atoms with Crippen LogP contribution >= 0.6 is 0 Å². The summed E-state index contributed by atoms with van der Waals surface area (Å²) >= 11 is 0. The molecule has 0 aliphatic heterocycles. The number of ether oxygens (including phenoxy) is 1. The minimum Gasteiger partial charge on any atom is -0.464 e. The van der Waals surface area contributed by atoms with Crippen LogP contribution in [0.3, 0.4) is 0 Å². The second-order valence-corrected chi connectivity index (χ2v) is 2.98. The monoisotopic (exact) mass is 190 g/mol. The van der Waals surface area contributed by atoms with Gasteiger partial charge in [-0.3, -0.25) is 4.68 Å². The lowest BCUT2D eigenvalue weighted by molar-refractivity contribution is 0.0595. The molecule has 1 aromatic carbocycles. The Morgan fingerprint density at radius 2 is 2.14 bits per heavy atom. The van der Waals surface area contributed by atoms with E-state index in [1.54, 1.807) is 11.7 Å². The zero-order chi connectivity index (χ0) is 10.1. The van der Waals surface area contributed by atoms with E-state index >= 15 is 0 Å². The summed E-state index contributed by atoms with van der Waals surface area (Å²) in [5.41, 5.74) is 1.29. The van der Waals surface area contributed by atoms with Gasteiger partial charge in [-0.05, 0) is 6.07 Å². The van der Waals surface area contributed by atoms with E-state index < -0.39 is 5.97 Å². The zero-order valence-electron chi connectivity index (χ0n) is 8.02. The highest BCUT2D eigenvalue weighted by molar-refractivity contribution is 6.01. The number of hydrogen-bond donors (Lipinski definition) is 0. The van der Waals surface area contributed by atoms with Crippen LogP contribution in [0.25, 0.3) is 10.9 Å². The molecule has 14 heavy (non-hydrogen) atoms. The average Bonchev–Trinajstić information content (AvgIpc) is 2.56. The molecule has 0 N–H and O–H groups in total. The predicted octanol–water partition coefficient (Wildman–Crippen LogP) is 1.36. The molecule has 2 rings (SSSR count). The van der Waals surface area contributed by atoms with Crippen molar-refractivity contribution in [3.63, 3.8) is 0 Å². The first-order valence-corrected chi connectivity index (χ1v) is 4.24. The van der Waals surface area contributed by atoms with E-state index in [0.717, 1.165) is 10.9 Å². The normalized spacial score (nSPS) is 10.4. The Kier molecular flexibility index (Phi) is 1.96. The molecule has 0 amide bonds. The van der Waals surface area contributed by atoms with Crippen LogP contribution < -0.4 is 0 Å². The summed E-state index contributed by atoms with van der Waals surface area (Å²) in [4.78, 5) is 11.3. The SMILES string of the molecule is COC(=O)c1nn(C)c2ccccc12. The quantitative estimate of drug-likeness (QED) is 0.638. The fourth-order valence-electron chi connectivity index (χ4n) is 1.46. The first-order chi connectivity index (χ1) is 6.74. The molecule has 0 saturated heterocycles. The third-order valence-electron chi connectivity index (χ3n) is 2.14. The van der Waals surface area contributed by atoms with E-state index in [0.29, 0.717) is 5.69 Å². The molecule has 0 bridgehead atoms. The Morgan fingerprint density at radius 1 is 1.43 bits per heavy atom. The van der Waals surface area contributed by atoms with E-state index in [1.165, 1.54) is 7.11 Å². The number of nitrogens with zero attached hydrogens (tertiary/aromatic N) is 2.